The summed E-state index contributed by atoms with van der Waals surface area (Å²) in [6.07, 6.45) is 6.43. The Morgan fingerprint density at radius 3 is 1.93 bits per heavy atom. The van der Waals surface area contributed by atoms with Crippen LogP contribution in [0.2, 0.25) is 0 Å². The Balaban J connectivity index is 1.61. The minimum atomic E-state index is -0.835. The maximum absolute atomic E-state index is 14.4. The van der Waals surface area contributed by atoms with Gasteiger partial charge in [0.2, 0.25) is 11.8 Å². The second-order valence-corrected chi connectivity index (χ2v) is 12.7. The van der Waals surface area contributed by atoms with Gasteiger partial charge in [-0.15, -0.1) is 0 Å². The van der Waals surface area contributed by atoms with Crippen LogP contribution in [0.5, 0.6) is 0 Å². The van der Waals surface area contributed by atoms with E-state index in [0.717, 1.165) is 48.2 Å². The molecule has 1 heterocycles. The molecule has 1 saturated heterocycles. The van der Waals surface area contributed by atoms with Crippen molar-refractivity contribution in [1.29, 1.82) is 0 Å². The molecular weight excluding hydrogens is 562 g/mol. The van der Waals surface area contributed by atoms with E-state index in [2.05, 4.69) is 17.6 Å². The molecule has 1 aliphatic rings. The molecule has 0 spiro atoms. The Morgan fingerprint density at radius 1 is 0.800 bits per heavy atom. The van der Waals surface area contributed by atoms with E-state index in [9.17, 15) is 14.4 Å². The lowest BCUT2D eigenvalue weighted by molar-refractivity contribution is -0.147. The first-order chi connectivity index (χ1) is 21.5. The quantitative estimate of drug-likeness (QED) is 0.276. The molecule has 0 radical (unpaired) electrons. The summed E-state index contributed by atoms with van der Waals surface area (Å²) >= 11 is 0. The fourth-order valence-corrected chi connectivity index (χ4v) is 5.50. The minimum Gasteiger partial charge on any atom is -0.332 e. The van der Waals surface area contributed by atoms with Gasteiger partial charge in [-0.05, 0) is 61.4 Å². The highest BCUT2D eigenvalue weighted by atomic mass is 16.2. The number of nitrogens with two attached hydrogens (primary N) is 1. The average molecular weight is 610 g/mol. The molecule has 0 bridgehead atoms. The predicted octanol–water partition coefficient (Wildman–Crippen LogP) is 4.60. The molecule has 3 aromatic carbocycles. The van der Waals surface area contributed by atoms with Gasteiger partial charge in [-0.1, -0.05) is 91.0 Å². The fraction of sp³-hybridized carbons (Fsp3) is 0.378. The molecule has 238 valence electrons. The summed E-state index contributed by atoms with van der Waals surface area (Å²) in [5.41, 5.74) is 12.7. The third-order valence-corrected chi connectivity index (χ3v) is 8.26. The molecule has 8 heteroatoms. The molecule has 3 aromatic rings. The lowest BCUT2D eigenvalue weighted by Gasteiger charge is -2.35. The van der Waals surface area contributed by atoms with Crippen molar-refractivity contribution in [3.8, 4) is 11.1 Å². The van der Waals surface area contributed by atoms with E-state index in [-0.39, 0.29) is 17.7 Å². The number of benzene rings is 3. The molecule has 0 aromatic heterocycles. The lowest BCUT2D eigenvalue weighted by Crippen LogP contribution is -2.57. The fourth-order valence-electron chi connectivity index (χ4n) is 5.50. The van der Waals surface area contributed by atoms with Crippen molar-refractivity contribution in [3.63, 3.8) is 0 Å². The van der Waals surface area contributed by atoms with Crippen LogP contribution in [0.4, 0.5) is 0 Å². The average Bonchev–Trinajstić information content (AvgIpc) is 3.55. The summed E-state index contributed by atoms with van der Waals surface area (Å²) in [5, 5.41) is 1.92. The number of nitrogens with zero attached hydrogens (tertiary/aromatic N) is 3. The molecule has 45 heavy (non-hydrogen) atoms. The van der Waals surface area contributed by atoms with Crippen molar-refractivity contribution in [3.05, 3.63) is 108 Å². The maximum atomic E-state index is 14.4. The molecule has 0 saturated carbocycles. The first kappa shape index (κ1) is 33.6. The Bertz CT molecular complexity index is 1430. The van der Waals surface area contributed by atoms with Crippen LogP contribution in [-0.4, -0.2) is 77.3 Å². The SMILES string of the molecule is CN(C(=O)/C=C/CC(C)(C)N)[C@H](Cc1ccc(-c2ccccc2)cc1)C(=O)N(C)[C@H](Cc1ccccc1)C(=O)NN1CCCC1. The molecule has 2 atom stereocenters. The topological polar surface area (TPSA) is 99.0 Å². The molecule has 1 fully saturated rings. The number of hydrogen-bond acceptors (Lipinski definition) is 5. The number of carbonyl (C=O) groups excluding carboxylic acids is 3. The van der Waals surface area contributed by atoms with E-state index in [4.69, 9.17) is 5.73 Å². The second-order valence-electron chi connectivity index (χ2n) is 12.7. The Hall–Kier alpha value is -4.27. The molecule has 0 aliphatic carbocycles. The van der Waals surface area contributed by atoms with Gasteiger partial charge in [-0.25, -0.2) is 5.01 Å². The first-order valence-corrected chi connectivity index (χ1v) is 15.7. The first-order valence-electron chi connectivity index (χ1n) is 15.7. The Kier molecular flexibility index (Phi) is 11.7. The van der Waals surface area contributed by atoms with E-state index < -0.39 is 17.6 Å². The second kappa shape index (κ2) is 15.6. The highest BCUT2D eigenvalue weighted by molar-refractivity contribution is 5.95. The monoisotopic (exact) mass is 609 g/mol. The number of rotatable bonds is 13. The van der Waals surface area contributed by atoms with E-state index in [1.807, 2.05) is 91.7 Å². The number of likely N-dealkylation sites (N-methyl/N-ethyl adjacent to an activating group) is 2. The van der Waals surface area contributed by atoms with Crippen LogP contribution in [0.3, 0.4) is 0 Å². The highest BCUT2D eigenvalue weighted by Crippen LogP contribution is 2.22. The third kappa shape index (κ3) is 9.86. The van der Waals surface area contributed by atoms with Gasteiger partial charge in [0.25, 0.3) is 5.91 Å². The van der Waals surface area contributed by atoms with Crippen LogP contribution in [-0.2, 0) is 27.2 Å². The molecule has 0 unspecified atom stereocenters. The van der Waals surface area contributed by atoms with Gasteiger partial charge in [-0.2, -0.15) is 0 Å². The van der Waals surface area contributed by atoms with Crippen LogP contribution in [0, 0.1) is 0 Å². The van der Waals surface area contributed by atoms with Crippen LogP contribution >= 0.6 is 0 Å². The summed E-state index contributed by atoms with van der Waals surface area (Å²) in [4.78, 5) is 44.5. The van der Waals surface area contributed by atoms with Gasteiger partial charge >= 0.3 is 0 Å². The van der Waals surface area contributed by atoms with Crippen molar-refractivity contribution < 1.29 is 14.4 Å². The van der Waals surface area contributed by atoms with Gasteiger partial charge in [0.05, 0.1) is 0 Å². The molecule has 1 aliphatic heterocycles. The van der Waals surface area contributed by atoms with Crippen molar-refractivity contribution >= 4 is 17.7 Å². The highest BCUT2D eigenvalue weighted by Gasteiger charge is 2.35. The number of amides is 3. The molecular formula is C37H47N5O3. The largest absolute Gasteiger partial charge is 0.332 e. The van der Waals surface area contributed by atoms with Crippen LogP contribution in [0.25, 0.3) is 11.1 Å². The van der Waals surface area contributed by atoms with E-state index in [0.29, 0.717) is 19.3 Å². The Morgan fingerprint density at radius 2 is 1.33 bits per heavy atom. The van der Waals surface area contributed by atoms with Gasteiger partial charge in [0.1, 0.15) is 12.1 Å². The maximum Gasteiger partial charge on any atom is 0.257 e. The summed E-state index contributed by atoms with van der Waals surface area (Å²) in [5.74, 6) is -0.835. The smallest absolute Gasteiger partial charge is 0.257 e. The summed E-state index contributed by atoms with van der Waals surface area (Å²) < 4.78 is 0. The van der Waals surface area contributed by atoms with E-state index in [1.165, 1.54) is 15.9 Å². The Labute approximate surface area is 267 Å². The van der Waals surface area contributed by atoms with Gasteiger partial charge in [0.15, 0.2) is 0 Å². The van der Waals surface area contributed by atoms with Crippen LogP contribution in [0.1, 0.15) is 44.2 Å². The van der Waals surface area contributed by atoms with Gasteiger partial charge < -0.3 is 15.5 Å². The third-order valence-electron chi connectivity index (χ3n) is 8.26. The van der Waals surface area contributed by atoms with Crippen molar-refractivity contribution in [2.24, 2.45) is 5.73 Å². The number of carbonyl (C=O) groups is 3. The van der Waals surface area contributed by atoms with Gasteiger partial charge in [0, 0.05) is 45.6 Å². The number of hydrogen-bond donors (Lipinski definition) is 2. The van der Waals surface area contributed by atoms with Crippen molar-refractivity contribution in [2.45, 2.75) is 63.6 Å². The number of nitrogens with one attached hydrogen (secondary N) is 1. The van der Waals surface area contributed by atoms with E-state index in [1.54, 1.807) is 20.2 Å². The van der Waals surface area contributed by atoms with E-state index >= 15 is 0 Å². The summed E-state index contributed by atoms with van der Waals surface area (Å²) in [6.45, 7) is 5.36. The van der Waals surface area contributed by atoms with Crippen LogP contribution in [0.15, 0.2) is 97.1 Å². The van der Waals surface area contributed by atoms with Crippen molar-refractivity contribution in [2.75, 3.05) is 27.2 Å². The number of hydrazine groups is 1. The minimum absolute atomic E-state index is 0.235. The zero-order valence-electron chi connectivity index (χ0n) is 27.0. The normalized spacial score (nSPS) is 15.0. The summed E-state index contributed by atoms with van der Waals surface area (Å²) in [6, 6.07) is 26.2. The summed E-state index contributed by atoms with van der Waals surface area (Å²) in [7, 11) is 3.31. The van der Waals surface area contributed by atoms with Crippen LogP contribution < -0.4 is 11.2 Å². The molecule has 8 nitrogen and oxygen atoms in total. The zero-order chi connectivity index (χ0) is 32.4. The molecule has 3 N–H and O–H groups in total. The molecule has 4 rings (SSSR count). The van der Waals surface area contributed by atoms with Crippen molar-refractivity contribution in [1.82, 2.24) is 20.2 Å². The standard InChI is InChI=1S/C37H47N5O3/c1-37(2,38)23-13-18-34(43)40(3)33(27-29-19-21-31(22-20-29)30-16-9-6-10-17-30)36(45)41(4)32(26-28-14-7-5-8-15-28)35(44)39-42-24-11-12-25-42/h5-10,13-22,32-33H,11-12,23-27,38H2,1-4H3,(H,39,44)/b18-13+/t32-,33-/m1/s1. The van der Waals surface area contributed by atoms with Gasteiger partial charge in [-0.3, -0.25) is 19.8 Å². The zero-order valence-corrected chi connectivity index (χ0v) is 27.0. The predicted molar refractivity (Wildman–Crippen MR) is 180 cm³/mol. The lowest BCUT2D eigenvalue weighted by atomic mass is 9.98. The molecule has 3 amide bonds.